The molecule has 0 spiro atoms. The third-order valence-corrected chi connectivity index (χ3v) is 2.88. The van der Waals surface area contributed by atoms with Gasteiger partial charge < -0.3 is 0 Å². The van der Waals surface area contributed by atoms with Crippen LogP contribution in [0.15, 0.2) is 16.6 Å². The topological polar surface area (TPSA) is 0 Å². The number of alkyl halides is 7. The van der Waals surface area contributed by atoms with Gasteiger partial charge in [0.2, 0.25) is 0 Å². The molecule has 0 saturated heterocycles. The maximum atomic E-state index is 13.7. The molecule has 0 nitrogen and oxygen atoms in total. The molecule has 1 aromatic carbocycles. The SMILES string of the molecule is CCc1[c]c(Br)cc(C(F)(C(F)(F)F)C(F)(F)F)c1. The smallest absolute Gasteiger partial charge is 0.218 e. The van der Waals surface area contributed by atoms with Gasteiger partial charge in [0.25, 0.3) is 0 Å². The predicted molar refractivity (Wildman–Crippen MR) is 57.3 cm³/mol. The molecule has 0 aliphatic rings. The van der Waals surface area contributed by atoms with Crippen LogP contribution in [-0.2, 0) is 12.1 Å². The molecule has 0 fully saturated rings. The summed E-state index contributed by atoms with van der Waals surface area (Å²) in [5.41, 5.74) is -6.86. The van der Waals surface area contributed by atoms with E-state index in [1.54, 1.807) is 0 Å². The highest BCUT2D eigenvalue weighted by atomic mass is 79.9. The summed E-state index contributed by atoms with van der Waals surface area (Å²) in [6.07, 6.45) is -12.1. The van der Waals surface area contributed by atoms with Gasteiger partial charge >= 0.3 is 18.0 Å². The van der Waals surface area contributed by atoms with E-state index in [9.17, 15) is 30.7 Å². The highest BCUT2D eigenvalue weighted by Gasteiger charge is 2.73. The number of halogens is 8. The third kappa shape index (κ3) is 2.88. The number of aryl methyl sites for hydroxylation is 1. The molecule has 1 rings (SSSR count). The van der Waals surface area contributed by atoms with Crippen LogP contribution in [0.1, 0.15) is 18.1 Å². The largest absolute Gasteiger partial charge is 0.435 e. The molecular formula is C11H7BrF7. The van der Waals surface area contributed by atoms with E-state index in [1.165, 1.54) is 6.92 Å². The van der Waals surface area contributed by atoms with Crippen molar-refractivity contribution < 1.29 is 30.7 Å². The normalized spacial score (nSPS) is 13.7. The van der Waals surface area contributed by atoms with E-state index in [-0.39, 0.29) is 16.5 Å². The minimum Gasteiger partial charge on any atom is -0.218 e. The van der Waals surface area contributed by atoms with Crippen molar-refractivity contribution in [3.05, 3.63) is 33.8 Å². The molecule has 0 bridgehead atoms. The minimum atomic E-state index is -6.10. The van der Waals surface area contributed by atoms with Crippen molar-refractivity contribution in [2.24, 2.45) is 0 Å². The third-order valence-electron chi connectivity index (χ3n) is 2.45. The molecule has 0 aliphatic heterocycles. The van der Waals surface area contributed by atoms with Crippen LogP contribution in [-0.4, -0.2) is 12.4 Å². The first kappa shape index (κ1) is 16.3. The number of hydrogen-bond donors (Lipinski definition) is 0. The maximum absolute atomic E-state index is 13.7. The Kier molecular flexibility index (Phi) is 4.24. The summed E-state index contributed by atoms with van der Waals surface area (Å²) in [6.45, 7) is 1.50. The zero-order chi connectivity index (χ0) is 15.1. The second kappa shape index (κ2) is 4.96. The molecule has 8 heteroatoms. The van der Waals surface area contributed by atoms with Gasteiger partial charge in [-0.2, -0.15) is 26.3 Å². The minimum absolute atomic E-state index is 0.0416. The van der Waals surface area contributed by atoms with Gasteiger partial charge in [-0.05, 0) is 18.1 Å². The summed E-state index contributed by atoms with van der Waals surface area (Å²) in [4.78, 5) is 0. The van der Waals surface area contributed by atoms with Crippen LogP contribution < -0.4 is 0 Å². The Morgan fingerprint density at radius 3 is 1.84 bits per heavy atom. The Bertz CT molecular complexity index is 447. The van der Waals surface area contributed by atoms with E-state index in [2.05, 4.69) is 22.0 Å². The van der Waals surface area contributed by atoms with Gasteiger partial charge in [0, 0.05) is 16.1 Å². The van der Waals surface area contributed by atoms with Crippen LogP contribution in [0.5, 0.6) is 0 Å². The molecule has 0 saturated carbocycles. The number of rotatable bonds is 2. The summed E-state index contributed by atoms with van der Waals surface area (Å²) in [5, 5.41) is 0. The van der Waals surface area contributed by atoms with Crippen LogP contribution in [0.4, 0.5) is 30.7 Å². The molecule has 0 N–H and O–H groups in total. The molecule has 0 unspecified atom stereocenters. The van der Waals surface area contributed by atoms with Crippen molar-refractivity contribution in [2.75, 3.05) is 0 Å². The van der Waals surface area contributed by atoms with Crippen molar-refractivity contribution in [3.63, 3.8) is 0 Å². The Balaban J connectivity index is 3.56. The lowest BCUT2D eigenvalue weighted by molar-refractivity contribution is -0.348. The lowest BCUT2D eigenvalue weighted by Gasteiger charge is -2.30. The predicted octanol–water partition coefficient (Wildman–Crippen LogP) is 5.10. The Morgan fingerprint density at radius 1 is 1.00 bits per heavy atom. The van der Waals surface area contributed by atoms with Crippen LogP contribution in [0.2, 0.25) is 0 Å². The quantitative estimate of drug-likeness (QED) is 0.650. The van der Waals surface area contributed by atoms with Gasteiger partial charge in [0.05, 0.1) is 0 Å². The molecular weight excluding hydrogens is 345 g/mol. The van der Waals surface area contributed by atoms with E-state index in [0.29, 0.717) is 12.1 Å². The Labute approximate surface area is 112 Å². The molecule has 1 radical (unpaired) electrons. The average Bonchev–Trinajstić information content (AvgIpc) is 2.23. The van der Waals surface area contributed by atoms with Gasteiger partial charge in [-0.3, -0.25) is 0 Å². The summed E-state index contributed by atoms with van der Waals surface area (Å²) in [5.74, 6) is 0. The van der Waals surface area contributed by atoms with Gasteiger partial charge in [0.1, 0.15) is 0 Å². The second-order valence-corrected chi connectivity index (χ2v) is 4.60. The second-order valence-electron chi connectivity index (χ2n) is 3.75. The van der Waals surface area contributed by atoms with Gasteiger partial charge in [-0.15, -0.1) is 0 Å². The summed E-state index contributed by atoms with van der Waals surface area (Å²) in [7, 11) is 0. The van der Waals surface area contributed by atoms with Gasteiger partial charge in [0.15, 0.2) is 0 Å². The van der Waals surface area contributed by atoms with E-state index in [0.717, 1.165) is 0 Å². The molecule has 0 aliphatic carbocycles. The Hall–Kier alpha value is -0.790. The fraction of sp³-hybridized carbons (Fsp3) is 0.455. The van der Waals surface area contributed by atoms with Crippen LogP contribution in [0.25, 0.3) is 0 Å². The molecule has 1 aromatic rings. The fourth-order valence-corrected chi connectivity index (χ4v) is 1.97. The molecule has 0 aromatic heterocycles. The van der Waals surface area contributed by atoms with Crippen molar-refractivity contribution in [2.45, 2.75) is 31.4 Å². The lowest BCUT2D eigenvalue weighted by atomic mass is 9.92. The van der Waals surface area contributed by atoms with Crippen LogP contribution >= 0.6 is 15.9 Å². The zero-order valence-electron chi connectivity index (χ0n) is 9.39. The van der Waals surface area contributed by atoms with Crippen LogP contribution in [0.3, 0.4) is 0 Å². The van der Waals surface area contributed by atoms with Crippen molar-refractivity contribution >= 4 is 15.9 Å². The zero-order valence-corrected chi connectivity index (χ0v) is 11.0. The van der Waals surface area contributed by atoms with Crippen molar-refractivity contribution in [1.29, 1.82) is 0 Å². The first-order valence-corrected chi connectivity index (χ1v) is 5.77. The molecule has 19 heavy (non-hydrogen) atoms. The molecule has 0 atom stereocenters. The summed E-state index contributed by atoms with van der Waals surface area (Å²) in [6, 6.07) is 3.44. The van der Waals surface area contributed by atoms with Gasteiger partial charge in [-0.25, -0.2) is 4.39 Å². The van der Waals surface area contributed by atoms with E-state index < -0.39 is 23.6 Å². The number of hydrogen-bond acceptors (Lipinski definition) is 0. The standard InChI is InChI=1S/C11H7BrF7/c1-2-6-3-7(5-8(12)4-6)9(13,10(14,15)16)11(17,18)19/h3,5H,2H2,1H3. The summed E-state index contributed by atoms with van der Waals surface area (Å²) < 4.78 is 88.8. The van der Waals surface area contributed by atoms with Crippen LogP contribution in [0, 0.1) is 6.07 Å². The number of benzene rings is 1. The average molecular weight is 352 g/mol. The monoisotopic (exact) mass is 351 g/mol. The van der Waals surface area contributed by atoms with E-state index in [1.807, 2.05) is 0 Å². The highest BCUT2D eigenvalue weighted by molar-refractivity contribution is 9.10. The fourth-order valence-electron chi connectivity index (χ4n) is 1.47. The highest BCUT2D eigenvalue weighted by Crippen LogP contribution is 2.53. The summed E-state index contributed by atoms with van der Waals surface area (Å²) >= 11 is 2.72. The van der Waals surface area contributed by atoms with Crippen molar-refractivity contribution in [1.82, 2.24) is 0 Å². The van der Waals surface area contributed by atoms with E-state index >= 15 is 0 Å². The first-order valence-electron chi connectivity index (χ1n) is 4.98. The molecule has 0 heterocycles. The Morgan fingerprint density at radius 2 is 1.47 bits per heavy atom. The van der Waals surface area contributed by atoms with Crippen molar-refractivity contribution in [3.8, 4) is 0 Å². The van der Waals surface area contributed by atoms with Gasteiger partial charge in [-0.1, -0.05) is 28.9 Å². The van der Waals surface area contributed by atoms with E-state index in [4.69, 9.17) is 0 Å². The maximum Gasteiger partial charge on any atom is 0.435 e. The first-order chi connectivity index (χ1) is 8.43. The molecule has 107 valence electrons. The molecule has 0 amide bonds. The lowest BCUT2D eigenvalue weighted by Crippen LogP contribution is -2.50.